The van der Waals surface area contributed by atoms with Gasteiger partial charge in [-0.15, -0.1) is 0 Å². The number of halogens is 3. The van der Waals surface area contributed by atoms with E-state index in [1.807, 2.05) is 6.07 Å². The van der Waals surface area contributed by atoms with E-state index in [4.69, 9.17) is 0 Å². The van der Waals surface area contributed by atoms with Gasteiger partial charge in [0.1, 0.15) is 5.82 Å². The van der Waals surface area contributed by atoms with E-state index in [0.29, 0.717) is 21.9 Å². The van der Waals surface area contributed by atoms with Crippen LogP contribution < -0.4 is 0 Å². The van der Waals surface area contributed by atoms with Crippen LogP contribution in [0, 0.1) is 41.1 Å². The summed E-state index contributed by atoms with van der Waals surface area (Å²) < 4.78 is 41.6. The summed E-state index contributed by atoms with van der Waals surface area (Å²) >= 11 is 0. The van der Waals surface area contributed by atoms with E-state index < -0.39 is 11.6 Å². The molecule has 0 unspecified atom stereocenters. The zero-order valence-corrected chi connectivity index (χ0v) is 20.0. The molecule has 1 saturated carbocycles. The molecule has 1 fully saturated rings. The number of benzene rings is 3. The molecule has 0 aliphatic heterocycles. The van der Waals surface area contributed by atoms with E-state index in [0.717, 1.165) is 36.3 Å². The highest BCUT2D eigenvalue weighted by Crippen LogP contribution is 2.34. The van der Waals surface area contributed by atoms with Crippen LogP contribution in [-0.2, 0) is 6.42 Å². The molecular weight excluding hydrogens is 429 g/mol. The number of fused-ring (bicyclic) bond motifs is 1. The first-order valence-corrected chi connectivity index (χ1v) is 12.7. The van der Waals surface area contributed by atoms with Gasteiger partial charge in [-0.05, 0) is 77.4 Å². The van der Waals surface area contributed by atoms with Crippen molar-refractivity contribution in [3.8, 4) is 11.8 Å². The van der Waals surface area contributed by atoms with Gasteiger partial charge < -0.3 is 0 Å². The monoisotopic (exact) mass is 462 g/mol. The first kappa shape index (κ1) is 24.4. The first-order valence-electron chi connectivity index (χ1n) is 12.7. The average Bonchev–Trinajstić information content (AvgIpc) is 2.84. The first-order chi connectivity index (χ1) is 16.5. The van der Waals surface area contributed by atoms with Crippen LogP contribution in [0.5, 0.6) is 0 Å². The van der Waals surface area contributed by atoms with Crippen molar-refractivity contribution >= 4 is 10.8 Å². The van der Waals surface area contributed by atoms with Crippen molar-refractivity contribution < 1.29 is 13.2 Å². The molecule has 0 nitrogen and oxygen atoms in total. The Morgan fingerprint density at radius 1 is 0.706 bits per heavy atom. The lowest BCUT2D eigenvalue weighted by molar-refractivity contribution is 0.249. The molecule has 0 saturated heterocycles. The minimum atomic E-state index is -0.890. The molecule has 178 valence electrons. The minimum Gasteiger partial charge on any atom is -0.206 e. The number of hydrogen-bond acceptors (Lipinski definition) is 0. The summed E-state index contributed by atoms with van der Waals surface area (Å²) in [6.07, 6.45) is 12.8. The molecule has 3 aromatic rings. The maximum Gasteiger partial charge on any atom is 0.159 e. The lowest BCUT2D eigenvalue weighted by atomic mass is 9.78. The van der Waals surface area contributed by atoms with Crippen molar-refractivity contribution in [3.63, 3.8) is 0 Å². The molecule has 4 rings (SSSR count). The van der Waals surface area contributed by atoms with Crippen LogP contribution in [-0.4, -0.2) is 0 Å². The van der Waals surface area contributed by atoms with Crippen molar-refractivity contribution in [1.29, 1.82) is 0 Å². The fraction of sp³-hybridized carbons (Fsp3) is 0.419. The SMILES string of the molecule is CCCCCC1CCC(CCc2ccc(C#Cc3ccc4cc(F)c(F)cc4c3)c(F)c2)CC1. The van der Waals surface area contributed by atoms with Crippen molar-refractivity contribution in [1.82, 2.24) is 0 Å². The Morgan fingerprint density at radius 2 is 1.41 bits per heavy atom. The molecule has 0 radical (unpaired) electrons. The van der Waals surface area contributed by atoms with Crippen LogP contribution in [0.2, 0.25) is 0 Å². The molecule has 0 heterocycles. The van der Waals surface area contributed by atoms with E-state index >= 15 is 0 Å². The highest BCUT2D eigenvalue weighted by atomic mass is 19.2. The number of hydrogen-bond donors (Lipinski definition) is 0. The van der Waals surface area contributed by atoms with Gasteiger partial charge in [-0.25, -0.2) is 13.2 Å². The molecule has 0 N–H and O–H groups in total. The molecule has 1 aliphatic carbocycles. The van der Waals surface area contributed by atoms with Crippen LogP contribution in [0.1, 0.15) is 81.4 Å². The largest absolute Gasteiger partial charge is 0.206 e. The Balaban J connectivity index is 1.32. The highest BCUT2D eigenvalue weighted by molar-refractivity contribution is 5.84. The standard InChI is InChI=1S/C31H33F3/c1-2-3-4-5-22-6-8-23(9-7-22)10-11-25-13-16-26(29(32)19-25)15-12-24-14-17-27-20-30(33)31(34)21-28(27)18-24/h13-14,16-23H,2-11H2,1H3. The van der Waals surface area contributed by atoms with E-state index in [1.54, 1.807) is 30.3 Å². The van der Waals surface area contributed by atoms with Gasteiger partial charge >= 0.3 is 0 Å². The Kier molecular flexibility index (Phi) is 8.33. The smallest absolute Gasteiger partial charge is 0.159 e. The lowest BCUT2D eigenvalue weighted by Gasteiger charge is -2.28. The highest BCUT2D eigenvalue weighted by Gasteiger charge is 2.20. The van der Waals surface area contributed by atoms with Gasteiger partial charge in [0.2, 0.25) is 0 Å². The number of unbranched alkanes of at least 4 members (excludes halogenated alkanes) is 2. The van der Waals surface area contributed by atoms with Crippen LogP contribution in [0.25, 0.3) is 10.8 Å². The van der Waals surface area contributed by atoms with Crippen LogP contribution in [0.3, 0.4) is 0 Å². The zero-order valence-electron chi connectivity index (χ0n) is 20.0. The van der Waals surface area contributed by atoms with E-state index in [2.05, 4.69) is 18.8 Å². The predicted octanol–water partition coefficient (Wildman–Crippen LogP) is 8.98. The molecule has 0 aromatic heterocycles. The molecule has 34 heavy (non-hydrogen) atoms. The van der Waals surface area contributed by atoms with Gasteiger partial charge in [-0.2, -0.15) is 0 Å². The fourth-order valence-corrected chi connectivity index (χ4v) is 5.14. The van der Waals surface area contributed by atoms with E-state index in [9.17, 15) is 13.2 Å². The Labute approximate surface area is 201 Å². The Bertz CT molecular complexity index is 1180. The van der Waals surface area contributed by atoms with Crippen molar-refractivity contribution in [2.45, 2.75) is 71.1 Å². The number of rotatable bonds is 7. The molecule has 3 aromatic carbocycles. The van der Waals surface area contributed by atoms with Crippen LogP contribution in [0.15, 0.2) is 48.5 Å². The van der Waals surface area contributed by atoms with E-state index in [1.165, 1.54) is 57.4 Å². The van der Waals surface area contributed by atoms with E-state index in [-0.39, 0.29) is 5.82 Å². The molecule has 0 spiro atoms. The summed E-state index contributed by atoms with van der Waals surface area (Å²) in [5, 5.41) is 1.17. The number of aryl methyl sites for hydroxylation is 1. The minimum absolute atomic E-state index is 0.307. The average molecular weight is 463 g/mol. The third kappa shape index (κ3) is 6.44. The summed E-state index contributed by atoms with van der Waals surface area (Å²) in [6, 6.07) is 12.8. The summed E-state index contributed by atoms with van der Waals surface area (Å²) in [5.74, 6) is 5.44. The summed E-state index contributed by atoms with van der Waals surface area (Å²) in [6.45, 7) is 2.26. The quantitative estimate of drug-likeness (QED) is 0.243. The van der Waals surface area contributed by atoms with Gasteiger partial charge in [0, 0.05) is 5.56 Å². The molecule has 1 aliphatic rings. The van der Waals surface area contributed by atoms with Crippen molar-refractivity contribution in [2.75, 3.05) is 0 Å². The molecular formula is C31H33F3. The normalized spacial score (nSPS) is 18.0. The third-order valence-electron chi connectivity index (χ3n) is 7.28. The molecule has 3 heteroatoms. The maximum atomic E-state index is 14.7. The lowest BCUT2D eigenvalue weighted by Crippen LogP contribution is -2.15. The van der Waals surface area contributed by atoms with Gasteiger partial charge in [0.05, 0.1) is 5.56 Å². The predicted molar refractivity (Wildman–Crippen MR) is 134 cm³/mol. The summed E-state index contributed by atoms with van der Waals surface area (Å²) in [5.41, 5.74) is 2.00. The van der Waals surface area contributed by atoms with Gasteiger partial charge in [0.15, 0.2) is 11.6 Å². The van der Waals surface area contributed by atoms with Crippen LogP contribution in [0.4, 0.5) is 13.2 Å². The second-order valence-corrected chi connectivity index (χ2v) is 9.81. The second-order valence-electron chi connectivity index (χ2n) is 9.81. The second kappa shape index (κ2) is 11.6. The maximum absolute atomic E-state index is 14.7. The summed E-state index contributed by atoms with van der Waals surface area (Å²) in [4.78, 5) is 0. The zero-order chi connectivity index (χ0) is 23.9. The van der Waals surface area contributed by atoms with Gasteiger partial charge in [-0.3, -0.25) is 0 Å². The summed E-state index contributed by atoms with van der Waals surface area (Å²) in [7, 11) is 0. The molecule has 0 bridgehead atoms. The Hall–Kier alpha value is -2.73. The van der Waals surface area contributed by atoms with Gasteiger partial charge in [-0.1, -0.05) is 82.3 Å². The Morgan fingerprint density at radius 3 is 2.12 bits per heavy atom. The van der Waals surface area contributed by atoms with Crippen molar-refractivity contribution in [3.05, 3.63) is 82.7 Å². The van der Waals surface area contributed by atoms with Crippen LogP contribution >= 0.6 is 0 Å². The molecule has 0 amide bonds. The fourth-order valence-electron chi connectivity index (χ4n) is 5.14. The topological polar surface area (TPSA) is 0 Å². The molecule has 0 atom stereocenters. The van der Waals surface area contributed by atoms with Gasteiger partial charge in [0.25, 0.3) is 0 Å². The third-order valence-corrected chi connectivity index (χ3v) is 7.28. The van der Waals surface area contributed by atoms with Crippen molar-refractivity contribution in [2.24, 2.45) is 11.8 Å².